The molecule has 0 N–H and O–H groups in total. The highest BCUT2D eigenvalue weighted by Crippen LogP contribution is 2.21. The lowest BCUT2D eigenvalue weighted by Crippen LogP contribution is -2.51. The van der Waals surface area contributed by atoms with Gasteiger partial charge in [0.2, 0.25) is 5.91 Å². The van der Waals surface area contributed by atoms with Crippen molar-refractivity contribution in [2.24, 2.45) is 0 Å². The number of alkyl halides is 3. The summed E-state index contributed by atoms with van der Waals surface area (Å²) >= 11 is 0. The zero-order valence-electron chi connectivity index (χ0n) is 9.50. The van der Waals surface area contributed by atoms with Gasteiger partial charge in [-0.1, -0.05) is 0 Å². The number of hydrogen-bond donors (Lipinski definition) is 0. The molecule has 17 heavy (non-hydrogen) atoms. The molecule has 1 aliphatic heterocycles. The monoisotopic (exact) mass is 249 g/mol. The molecule has 1 atom stereocenters. The maximum absolute atomic E-state index is 12.0. The van der Waals surface area contributed by atoms with Crippen LogP contribution < -0.4 is 0 Å². The Balaban J connectivity index is 2.42. The van der Waals surface area contributed by atoms with E-state index in [0.717, 1.165) is 0 Å². The fourth-order valence-electron chi connectivity index (χ4n) is 1.72. The van der Waals surface area contributed by atoms with Gasteiger partial charge >= 0.3 is 6.18 Å². The van der Waals surface area contributed by atoms with Crippen molar-refractivity contribution in [2.75, 3.05) is 26.2 Å². The molecule has 0 aromatic heterocycles. The summed E-state index contributed by atoms with van der Waals surface area (Å²) in [4.78, 5) is 14.3. The molecule has 1 heterocycles. The molecule has 0 radical (unpaired) electrons. The Bertz CT molecular complexity index is 316. The van der Waals surface area contributed by atoms with E-state index in [4.69, 9.17) is 5.26 Å². The second-order valence-corrected chi connectivity index (χ2v) is 4.01. The molecular weight excluding hydrogens is 235 g/mol. The van der Waals surface area contributed by atoms with E-state index < -0.39 is 18.5 Å². The number of amides is 1. The number of piperazine rings is 1. The van der Waals surface area contributed by atoms with E-state index in [1.54, 1.807) is 6.92 Å². The summed E-state index contributed by atoms with van der Waals surface area (Å²) in [6, 6.07) is 1.79. The third kappa shape index (κ3) is 4.23. The van der Waals surface area contributed by atoms with Crippen LogP contribution in [0.15, 0.2) is 0 Å². The molecule has 96 valence electrons. The van der Waals surface area contributed by atoms with Gasteiger partial charge in [0.1, 0.15) is 6.42 Å². The Hall–Kier alpha value is -1.29. The average Bonchev–Trinajstić information content (AvgIpc) is 2.26. The predicted octanol–water partition coefficient (Wildman–Crippen LogP) is 0.995. The maximum Gasteiger partial charge on any atom is 0.397 e. The highest BCUT2D eigenvalue weighted by atomic mass is 19.4. The fraction of sp³-hybridized carbons (Fsp3) is 0.800. The Morgan fingerprint density at radius 3 is 2.29 bits per heavy atom. The van der Waals surface area contributed by atoms with Gasteiger partial charge in [0.15, 0.2) is 0 Å². The van der Waals surface area contributed by atoms with Crippen molar-refractivity contribution >= 4 is 5.91 Å². The third-order valence-electron chi connectivity index (χ3n) is 2.75. The molecular formula is C10H14F3N3O. The van der Waals surface area contributed by atoms with Crippen LogP contribution in [0.25, 0.3) is 0 Å². The molecule has 0 aromatic carbocycles. The second kappa shape index (κ2) is 5.36. The van der Waals surface area contributed by atoms with Gasteiger partial charge in [-0.25, -0.2) is 0 Å². The van der Waals surface area contributed by atoms with Crippen molar-refractivity contribution in [3.8, 4) is 6.07 Å². The van der Waals surface area contributed by atoms with Crippen LogP contribution in [0.1, 0.15) is 13.3 Å². The molecule has 0 aliphatic carbocycles. The summed E-state index contributed by atoms with van der Waals surface area (Å²) in [5.74, 6) is -0.887. The summed E-state index contributed by atoms with van der Waals surface area (Å²) in [6.45, 7) is 3.12. The van der Waals surface area contributed by atoms with Crippen LogP contribution in [0, 0.1) is 11.3 Å². The first-order chi connectivity index (χ1) is 7.83. The summed E-state index contributed by atoms with van der Waals surface area (Å²) < 4.78 is 36.1. The van der Waals surface area contributed by atoms with Gasteiger partial charge in [0, 0.05) is 26.2 Å². The van der Waals surface area contributed by atoms with Crippen molar-refractivity contribution in [1.29, 1.82) is 5.26 Å². The third-order valence-corrected chi connectivity index (χ3v) is 2.75. The Kier molecular flexibility index (Phi) is 4.34. The number of nitriles is 1. The Morgan fingerprint density at radius 1 is 1.35 bits per heavy atom. The predicted molar refractivity (Wildman–Crippen MR) is 53.9 cm³/mol. The normalized spacial score (nSPS) is 19.8. The first-order valence-corrected chi connectivity index (χ1v) is 5.31. The standard InChI is InChI=1S/C10H14F3N3O/c1-8(7-14)15-2-4-16(5-3-15)9(17)6-10(11,12)13/h8H,2-6H2,1H3. The molecule has 0 bridgehead atoms. The van der Waals surface area contributed by atoms with Crippen molar-refractivity contribution < 1.29 is 18.0 Å². The number of hydrogen-bond acceptors (Lipinski definition) is 3. The molecule has 0 aromatic rings. The van der Waals surface area contributed by atoms with E-state index in [1.807, 2.05) is 4.90 Å². The number of carbonyl (C=O) groups excluding carboxylic acids is 1. The van der Waals surface area contributed by atoms with Gasteiger partial charge in [-0.3, -0.25) is 9.69 Å². The van der Waals surface area contributed by atoms with Crippen LogP contribution in [-0.4, -0.2) is 54.1 Å². The zero-order valence-corrected chi connectivity index (χ0v) is 9.50. The Labute approximate surface area is 97.6 Å². The smallest absolute Gasteiger partial charge is 0.340 e. The summed E-state index contributed by atoms with van der Waals surface area (Å²) in [6.07, 6.45) is -5.85. The highest BCUT2D eigenvalue weighted by Gasteiger charge is 2.34. The van der Waals surface area contributed by atoms with E-state index >= 15 is 0 Å². The minimum atomic E-state index is -4.45. The van der Waals surface area contributed by atoms with Crippen LogP contribution in [0.4, 0.5) is 13.2 Å². The lowest BCUT2D eigenvalue weighted by molar-refractivity contribution is -0.162. The van der Waals surface area contributed by atoms with Gasteiger partial charge in [0.25, 0.3) is 0 Å². The lowest BCUT2D eigenvalue weighted by atomic mass is 10.2. The molecule has 1 aliphatic rings. The average molecular weight is 249 g/mol. The number of halogens is 3. The van der Waals surface area contributed by atoms with E-state index in [2.05, 4.69) is 6.07 Å². The SMILES string of the molecule is CC(C#N)N1CCN(C(=O)CC(F)(F)F)CC1. The molecule has 1 fully saturated rings. The fourth-order valence-corrected chi connectivity index (χ4v) is 1.72. The molecule has 1 saturated heterocycles. The maximum atomic E-state index is 12.0. The number of carbonyl (C=O) groups is 1. The molecule has 1 rings (SSSR count). The summed E-state index contributed by atoms with van der Waals surface area (Å²) in [7, 11) is 0. The highest BCUT2D eigenvalue weighted by molar-refractivity contribution is 5.76. The first kappa shape index (κ1) is 13.8. The van der Waals surface area contributed by atoms with Crippen LogP contribution >= 0.6 is 0 Å². The number of rotatable bonds is 2. The molecule has 1 amide bonds. The van der Waals surface area contributed by atoms with Crippen molar-refractivity contribution in [3.63, 3.8) is 0 Å². The quantitative estimate of drug-likeness (QED) is 0.733. The summed E-state index contributed by atoms with van der Waals surface area (Å²) in [5, 5.41) is 8.69. The lowest BCUT2D eigenvalue weighted by Gasteiger charge is -2.36. The van der Waals surface area contributed by atoms with Crippen LogP contribution in [0.2, 0.25) is 0 Å². The second-order valence-electron chi connectivity index (χ2n) is 4.01. The molecule has 4 nitrogen and oxygen atoms in total. The summed E-state index contributed by atoms with van der Waals surface area (Å²) in [5.41, 5.74) is 0. The first-order valence-electron chi connectivity index (χ1n) is 5.31. The van der Waals surface area contributed by atoms with Gasteiger partial charge < -0.3 is 4.90 Å². The van der Waals surface area contributed by atoms with Crippen LogP contribution in [0.3, 0.4) is 0 Å². The molecule has 0 spiro atoms. The van der Waals surface area contributed by atoms with Crippen LogP contribution in [-0.2, 0) is 4.79 Å². The molecule has 0 saturated carbocycles. The van der Waals surface area contributed by atoms with Crippen molar-refractivity contribution in [2.45, 2.75) is 25.6 Å². The van der Waals surface area contributed by atoms with Gasteiger partial charge in [0.05, 0.1) is 12.1 Å². The largest absolute Gasteiger partial charge is 0.397 e. The van der Waals surface area contributed by atoms with E-state index in [9.17, 15) is 18.0 Å². The van der Waals surface area contributed by atoms with Crippen molar-refractivity contribution in [3.05, 3.63) is 0 Å². The molecule has 1 unspecified atom stereocenters. The Morgan fingerprint density at radius 2 is 1.88 bits per heavy atom. The topological polar surface area (TPSA) is 47.3 Å². The minimum Gasteiger partial charge on any atom is -0.340 e. The van der Waals surface area contributed by atoms with Gasteiger partial charge in [-0.15, -0.1) is 0 Å². The van der Waals surface area contributed by atoms with E-state index in [0.29, 0.717) is 13.1 Å². The zero-order chi connectivity index (χ0) is 13.1. The molecule has 7 heteroatoms. The van der Waals surface area contributed by atoms with Crippen LogP contribution in [0.5, 0.6) is 0 Å². The van der Waals surface area contributed by atoms with Gasteiger partial charge in [-0.2, -0.15) is 18.4 Å². The minimum absolute atomic E-state index is 0.251. The van der Waals surface area contributed by atoms with E-state index in [-0.39, 0.29) is 19.1 Å². The van der Waals surface area contributed by atoms with Crippen molar-refractivity contribution in [1.82, 2.24) is 9.80 Å². The van der Waals surface area contributed by atoms with E-state index in [1.165, 1.54) is 4.90 Å². The number of nitrogens with zero attached hydrogens (tertiary/aromatic N) is 3. The van der Waals surface area contributed by atoms with Gasteiger partial charge in [-0.05, 0) is 6.92 Å².